The van der Waals surface area contributed by atoms with Crippen molar-refractivity contribution in [2.45, 2.75) is 51.6 Å². The average Bonchev–Trinajstić information content (AvgIpc) is 2.52. The molecule has 1 aromatic carbocycles. The second-order valence-corrected chi connectivity index (χ2v) is 5.69. The summed E-state index contributed by atoms with van der Waals surface area (Å²) in [6.07, 6.45) is 6.71. The standard InChI is InChI=1S/C17H28N2O/c1-4-18-13-14-10-11-16(17(12-14)20-3)19(2)15-8-6-5-7-9-15/h10-12,15,18H,4-9,13H2,1-3H3. The van der Waals surface area contributed by atoms with Gasteiger partial charge in [0.1, 0.15) is 5.75 Å². The number of benzene rings is 1. The highest BCUT2D eigenvalue weighted by Gasteiger charge is 2.20. The summed E-state index contributed by atoms with van der Waals surface area (Å²) in [6.45, 7) is 4.02. The van der Waals surface area contributed by atoms with Crippen molar-refractivity contribution in [2.75, 3.05) is 25.6 Å². The lowest BCUT2D eigenvalue weighted by molar-refractivity contribution is 0.401. The number of rotatable bonds is 6. The van der Waals surface area contributed by atoms with Gasteiger partial charge in [-0.3, -0.25) is 0 Å². The summed E-state index contributed by atoms with van der Waals surface area (Å²) in [5, 5.41) is 3.36. The van der Waals surface area contributed by atoms with Crippen LogP contribution < -0.4 is 15.0 Å². The second kappa shape index (κ2) is 7.53. The van der Waals surface area contributed by atoms with Crippen molar-refractivity contribution in [3.63, 3.8) is 0 Å². The van der Waals surface area contributed by atoms with Gasteiger partial charge in [0.05, 0.1) is 12.8 Å². The Morgan fingerprint density at radius 3 is 2.65 bits per heavy atom. The van der Waals surface area contributed by atoms with E-state index in [9.17, 15) is 0 Å². The maximum Gasteiger partial charge on any atom is 0.142 e. The van der Waals surface area contributed by atoms with E-state index in [1.54, 1.807) is 7.11 Å². The van der Waals surface area contributed by atoms with Crippen molar-refractivity contribution in [3.8, 4) is 5.75 Å². The lowest BCUT2D eigenvalue weighted by atomic mass is 9.94. The van der Waals surface area contributed by atoms with E-state index in [-0.39, 0.29) is 0 Å². The normalized spacial score (nSPS) is 16.1. The molecule has 0 atom stereocenters. The molecule has 1 saturated carbocycles. The molecule has 0 radical (unpaired) electrons. The monoisotopic (exact) mass is 276 g/mol. The van der Waals surface area contributed by atoms with Crippen molar-refractivity contribution < 1.29 is 4.74 Å². The molecule has 2 rings (SSSR count). The Morgan fingerprint density at radius 1 is 1.25 bits per heavy atom. The number of hydrogen-bond acceptors (Lipinski definition) is 3. The number of nitrogens with zero attached hydrogens (tertiary/aromatic N) is 1. The largest absolute Gasteiger partial charge is 0.495 e. The molecule has 0 spiro atoms. The fourth-order valence-electron chi connectivity index (χ4n) is 3.06. The third-order valence-corrected chi connectivity index (χ3v) is 4.33. The summed E-state index contributed by atoms with van der Waals surface area (Å²) < 4.78 is 5.61. The van der Waals surface area contributed by atoms with E-state index in [0.29, 0.717) is 6.04 Å². The minimum atomic E-state index is 0.664. The van der Waals surface area contributed by atoms with Gasteiger partial charge in [-0.25, -0.2) is 0 Å². The maximum absolute atomic E-state index is 5.61. The highest BCUT2D eigenvalue weighted by Crippen LogP contribution is 2.33. The molecular weight excluding hydrogens is 248 g/mol. The molecule has 1 aromatic rings. The molecule has 3 nitrogen and oxygen atoms in total. The molecule has 1 N–H and O–H groups in total. The van der Waals surface area contributed by atoms with Crippen molar-refractivity contribution in [1.29, 1.82) is 0 Å². The van der Waals surface area contributed by atoms with Gasteiger partial charge in [0.25, 0.3) is 0 Å². The zero-order chi connectivity index (χ0) is 14.4. The summed E-state index contributed by atoms with van der Waals surface area (Å²) >= 11 is 0. The van der Waals surface area contributed by atoms with Crippen molar-refractivity contribution in [1.82, 2.24) is 5.32 Å². The first-order valence-electron chi connectivity index (χ1n) is 7.86. The van der Waals surface area contributed by atoms with Gasteiger partial charge in [0, 0.05) is 19.6 Å². The molecule has 0 bridgehead atoms. The SMILES string of the molecule is CCNCc1ccc(N(C)C2CCCCC2)c(OC)c1. The van der Waals surface area contributed by atoms with E-state index in [1.807, 2.05) is 0 Å². The van der Waals surface area contributed by atoms with Crippen molar-refractivity contribution >= 4 is 5.69 Å². The third-order valence-electron chi connectivity index (χ3n) is 4.33. The van der Waals surface area contributed by atoms with Gasteiger partial charge in [0.15, 0.2) is 0 Å². The van der Waals surface area contributed by atoms with E-state index in [1.165, 1.54) is 43.4 Å². The lowest BCUT2D eigenvalue weighted by Crippen LogP contribution is -2.33. The second-order valence-electron chi connectivity index (χ2n) is 5.69. The Hall–Kier alpha value is -1.22. The quantitative estimate of drug-likeness (QED) is 0.859. The highest BCUT2D eigenvalue weighted by atomic mass is 16.5. The topological polar surface area (TPSA) is 24.5 Å². The molecule has 0 aromatic heterocycles. The molecule has 20 heavy (non-hydrogen) atoms. The van der Waals surface area contributed by atoms with E-state index in [0.717, 1.165) is 18.8 Å². The maximum atomic E-state index is 5.61. The van der Waals surface area contributed by atoms with Crippen LogP contribution in [0.15, 0.2) is 18.2 Å². The van der Waals surface area contributed by atoms with Gasteiger partial charge in [-0.1, -0.05) is 32.3 Å². The fraction of sp³-hybridized carbons (Fsp3) is 0.647. The number of nitrogens with one attached hydrogen (secondary N) is 1. The smallest absolute Gasteiger partial charge is 0.142 e. The molecule has 1 fully saturated rings. The van der Waals surface area contributed by atoms with Crippen molar-refractivity contribution in [2.24, 2.45) is 0 Å². The molecule has 0 aliphatic heterocycles. The Kier molecular flexibility index (Phi) is 5.72. The van der Waals surface area contributed by atoms with E-state index >= 15 is 0 Å². The molecule has 0 saturated heterocycles. The Bertz CT molecular complexity index is 413. The van der Waals surface area contributed by atoms with Crippen LogP contribution in [0.4, 0.5) is 5.69 Å². The van der Waals surface area contributed by atoms with Gasteiger partial charge in [-0.2, -0.15) is 0 Å². The first kappa shape index (κ1) is 15.2. The van der Waals surface area contributed by atoms with Gasteiger partial charge >= 0.3 is 0 Å². The predicted octanol–water partition coefficient (Wildman–Crippen LogP) is 3.57. The summed E-state index contributed by atoms with van der Waals surface area (Å²) in [4.78, 5) is 2.41. The number of methoxy groups -OCH3 is 1. The molecule has 0 heterocycles. The van der Waals surface area contributed by atoms with Crippen LogP contribution in [-0.2, 0) is 6.54 Å². The van der Waals surface area contributed by atoms with Gasteiger partial charge in [-0.15, -0.1) is 0 Å². The summed E-state index contributed by atoms with van der Waals surface area (Å²) in [7, 11) is 3.97. The Balaban J connectivity index is 2.13. The van der Waals surface area contributed by atoms with Crippen LogP contribution >= 0.6 is 0 Å². The molecule has 3 heteroatoms. The first-order valence-corrected chi connectivity index (χ1v) is 7.86. The first-order chi connectivity index (χ1) is 9.76. The zero-order valence-electron chi connectivity index (χ0n) is 13.1. The number of hydrogen-bond donors (Lipinski definition) is 1. The van der Waals surface area contributed by atoms with Crippen LogP contribution in [0.3, 0.4) is 0 Å². The summed E-state index contributed by atoms with van der Waals surface area (Å²) in [5.74, 6) is 0.994. The van der Waals surface area contributed by atoms with Crippen molar-refractivity contribution in [3.05, 3.63) is 23.8 Å². The summed E-state index contributed by atoms with van der Waals surface area (Å²) in [6, 6.07) is 7.24. The minimum absolute atomic E-state index is 0.664. The van der Waals surface area contributed by atoms with Crippen LogP contribution in [-0.4, -0.2) is 26.7 Å². The minimum Gasteiger partial charge on any atom is -0.495 e. The van der Waals surface area contributed by atoms with Gasteiger partial charge in [-0.05, 0) is 37.1 Å². The van der Waals surface area contributed by atoms with Gasteiger partial charge in [0.2, 0.25) is 0 Å². The fourth-order valence-corrected chi connectivity index (χ4v) is 3.06. The highest BCUT2D eigenvalue weighted by molar-refractivity contribution is 5.60. The molecular formula is C17H28N2O. The average molecular weight is 276 g/mol. The van der Waals surface area contributed by atoms with Crippen LogP contribution in [0, 0.1) is 0 Å². The van der Waals surface area contributed by atoms with E-state index in [4.69, 9.17) is 4.74 Å². The molecule has 1 aliphatic carbocycles. The number of anilines is 1. The molecule has 112 valence electrons. The van der Waals surface area contributed by atoms with Crippen LogP contribution in [0.5, 0.6) is 5.75 Å². The predicted molar refractivity (Wildman–Crippen MR) is 85.7 cm³/mol. The third kappa shape index (κ3) is 3.66. The Morgan fingerprint density at radius 2 is 2.00 bits per heavy atom. The van der Waals surface area contributed by atoms with E-state index < -0.39 is 0 Å². The van der Waals surface area contributed by atoms with E-state index in [2.05, 4.69) is 42.4 Å². The van der Waals surface area contributed by atoms with Gasteiger partial charge < -0.3 is 15.0 Å². The van der Waals surface area contributed by atoms with Crippen LogP contribution in [0.1, 0.15) is 44.6 Å². The van der Waals surface area contributed by atoms with Crippen LogP contribution in [0.25, 0.3) is 0 Å². The zero-order valence-corrected chi connectivity index (χ0v) is 13.1. The lowest BCUT2D eigenvalue weighted by Gasteiger charge is -2.33. The summed E-state index contributed by atoms with van der Waals surface area (Å²) in [5.41, 5.74) is 2.50. The molecule has 0 unspecified atom stereocenters. The molecule has 1 aliphatic rings. The van der Waals surface area contributed by atoms with Crippen LogP contribution in [0.2, 0.25) is 0 Å². The number of ether oxygens (including phenoxy) is 1. The Labute approximate surface area is 123 Å². The molecule has 0 amide bonds.